The van der Waals surface area contributed by atoms with E-state index < -0.39 is 0 Å². The highest BCUT2D eigenvalue weighted by Crippen LogP contribution is 2.39. The Morgan fingerprint density at radius 2 is 1.69 bits per heavy atom. The lowest BCUT2D eigenvalue weighted by Crippen LogP contribution is -2.33. The molecule has 0 amide bonds. The molecule has 0 unspecified atom stereocenters. The van der Waals surface area contributed by atoms with Gasteiger partial charge in [-0.05, 0) is 39.0 Å². The van der Waals surface area contributed by atoms with Crippen LogP contribution in [-0.2, 0) is 12.0 Å². The van der Waals surface area contributed by atoms with Crippen LogP contribution < -0.4 is 4.57 Å². The highest BCUT2D eigenvalue weighted by atomic mass is 15.0. The van der Waals surface area contributed by atoms with E-state index in [2.05, 4.69) is 110 Å². The van der Waals surface area contributed by atoms with Crippen LogP contribution in [0.4, 0.5) is 5.69 Å². The Morgan fingerprint density at radius 1 is 0.962 bits per heavy atom. The highest BCUT2D eigenvalue weighted by Gasteiger charge is 2.42. The molecule has 0 aliphatic carbocycles. The van der Waals surface area contributed by atoms with Crippen molar-refractivity contribution in [2.24, 2.45) is 0 Å². The quantitative estimate of drug-likeness (QED) is 0.600. The third-order valence-corrected chi connectivity index (χ3v) is 5.59. The second-order valence-corrected chi connectivity index (χ2v) is 7.54. The second kappa shape index (κ2) is 6.21. The lowest BCUT2D eigenvalue weighted by atomic mass is 9.81. The van der Waals surface area contributed by atoms with Crippen LogP contribution in [0, 0.1) is 0 Å². The van der Waals surface area contributed by atoms with Crippen LogP contribution in [0.25, 0.3) is 17.0 Å². The number of hydrogen-bond donors (Lipinski definition) is 0. The molecule has 2 heteroatoms. The molecule has 0 radical (unpaired) electrons. The van der Waals surface area contributed by atoms with Gasteiger partial charge in [-0.25, -0.2) is 0 Å². The van der Waals surface area contributed by atoms with E-state index in [-0.39, 0.29) is 5.41 Å². The predicted octanol–water partition coefficient (Wildman–Crippen LogP) is 4.87. The molecule has 3 aromatic rings. The first-order valence-electron chi connectivity index (χ1n) is 9.33. The molecule has 0 atom stereocenters. The van der Waals surface area contributed by atoms with Crippen molar-refractivity contribution >= 4 is 28.4 Å². The SMILES string of the molecule is CC[n+]1cc(/C=C/C2=[N+](C)c3ccccc3C2(C)C)cc2ccccc21. The molecular formula is C24H26N2+2. The van der Waals surface area contributed by atoms with Gasteiger partial charge in [0.2, 0.25) is 11.2 Å². The van der Waals surface area contributed by atoms with Crippen molar-refractivity contribution in [2.45, 2.75) is 32.7 Å². The van der Waals surface area contributed by atoms with Gasteiger partial charge in [0, 0.05) is 34.7 Å². The molecule has 1 aromatic heterocycles. The normalized spacial score (nSPS) is 15.8. The maximum absolute atomic E-state index is 2.32. The minimum Gasteiger partial charge on any atom is -0.198 e. The third-order valence-electron chi connectivity index (χ3n) is 5.59. The Kier molecular flexibility index (Phi) is 3.99. The molecule has 0 fully saturated rings. The number of allylic oxidation sites excluding steroid dienone is 1. The van der Waals surface area contributed by atoms with E-state index in [4.69, 9.17) is 0 Å². The summed E-state index contributed by atoms with van der Waals surface area (Å²) < 4.78 is 4.64. The molecule has 130 valence electrons. The standard InChI is InChI=1S/C24H26N2/c1-5-26-17-18(16-19-10-6-8-12-21(19)26)14-15-23-24(2,3)20-11-7-9-13-22(20)25(23)4/h6-17H,5H2,1-4H3/q+2/b15-14+. The summed E-state index contributed by atoms with van der Waals surface area (Å²) in [7, 11) is 2.17. The highest BCUT2D eigenvalue weighted by molar-refractivity contribution is 6.05. The van der Waals surface area contributed by atoms with Crippen molar-refractivity contribution in [3.05, 3.63) is 78.0 Å². The summed E-state index contributed by atoms with van der Waals surface area (Å²) in [4.78, 5) is 0. The van der Waals surface area contributed by atoms with E-state index in [1.807, 2.05) is 0 Å². The van der Waals surface area contributed by atoms with Crippen LogP contribution in [0.3, 0.4) is 0 Å². The van der Waals surface area contributed by atoms with Crippen LogP contribution in [0.15, 0.2) is 66.9 Å². The molecule has 0 spiro atoms. The maximum atomic E-state index is 2.32. The van der Waals surface area contributed by atoms with E-state index in [0.29, 0.717) is 0 Å². The number of para-hydroxylation sites is 2. The van der Waals surface area contributed by atoms with Gasteiger partial charge in [-0.15, -0.1) is 0 Å². The van der Waals surface area contributed by atoms with Gasteiger partial charge < -0.3 is 0 Å². The summed E-state index contributed by atoms with van der Waals surface area (Å²) in [6.45, 7) is 7.78. The summed E-state index contributed by atoms with van der Waals surface area (Å²) in [6, 6.07) is 19.6. The molecule has 1 aliphatic heterocycles. The van der Waals surface area contributed by atoms with Crippen LogP contribution >= 0.6 is 0 Å². The number of pyridine rings is 1. The van der Waals surface area contributed by atoms with Gasteiger partial charge in [0.05, 0.1) is 5.41 Å². The average molecular weight is 342 g/mol. The summed E-state index contributed by atoms with van der Waals surface area (Å²) in [6.07, 6.45) is 6.77. The molecule has 2 aromatic carbocycles. The summed E-state index contributed by atoms with van der Waals surface area (Å²) in [5.41, 5.74) is 6.56. The minimum absolute atomic E-state index is 0.0133. The van der Waals surface area contributed by atoms with Crippen LogP contribution in [0.2, 0.25) is 0 Å². The Balaban J connectivity index is 1.78. The minimum atomic E-state index is 0.0133. The fourth-order valence-electron chi connectivity index (χ4n) is 4.17. The number of aromatic nitrogens is 1. The first-order chi connectivity index (χ1) is 12.5. The second-order valence-electron chi connectivity index (χ2n) is 7.54. The molecule has 2 heterocycles. The van der Waals surface area contributed by atoms with Crippen molar-refractivity contribution in [3.63, 3.8) is 0 Å². The van der Waals surface area contributed by atoms with Crippen molar-refractivity contribution in [1.29, 1.82) is 0 Å². The zero-order valence-corrected chi connectivity index (χ0v) is 16.0. The Bertz CT molecular complexity index is 1050. The van der Waals surface area contributed by atoms with E-state index >= 15 is 0 Å². The van der Waals surface area contributed by atoms with Crippen molar-refractivity contribution in [3.8, 4) is 0 Å². The fraction of sp³-hybridized carbons (Fsp3) is 0.250. The fourth-order valence-corrected chi connectivity index (χ4v) is 4.17. The summed E-state index contributed by atoms with van der Waals surface area (Å²) in [5, 5.41) is 1.28. The van der Waals surface area contributed by atoms with Crippen LogP contribution in [-0.4, -0.2) is 17.3 Å². The Hall–Kier alpha value is -2.74. The van der Waals surface area contributed by atoms with E-state index in [1.165, 1.54) is 33.4 Å². The molecule has 1 aliphatic rings. The topological polar surface area (TPSA) is 6.89 Å². The van der Waals surface area contributed by atoms with Crippen molar-refractivity contribution < 1.29 is 9.14 Å². The van der Waals surface area contributed by atoms with E-state index in [1.54, 1.807) is 0 Å². The Morgan fingerprint density at radius 3 is 2.46 bits per heavy atom. The van der Waals surface area contributed by atoms with Crippen LogP contribution in [0.1, 0.15) is 31.9 Å². The van der Waals surface area contributed by atoms with Gasteiger partial charge in [-0.3, -0.25) is 0 Å². The number of nitrogens with zero attached hydrogens (tertiary/aromatic N) is 2. The van der Waals surface area contributed by atoms with Gasteiger partial charge in [-0.2, -0.15) is 9.14 Å². The van der Waals surface area contributed by atoms with Gasteiger partial charge in [0.25, 0.3) is 0 Å². The van der Waals surface area contributed by atoms with Gasteiger partial charge in [-0.1, -0.05) is 30.3 Å². The maximum Gasteiger partial charge on any atom is 0.212 e. The zero-order valence-electron chi connectivity index (χ0n) is 16.0. The van der Waals surface area contributed by atoms with Gasteiger partial charge >= 0.3 is 0 Å². The molecule has 2 nitrogen and oxygen atoms in total. The van der Waals surface area contributed by atoms with Gasteiger partial charge in [0.15, 0.2) is 11.9 Å². The number of hydrogen-bond acceptors (Lipinski definition) is 0. The monoisotopic (exact) mass is 342 g/mol. The summed E-state index contributed by atoms with van der Waals surface area (Å²) in [5.74, 6) is 0. The molecule has 0 saturated carbocycles. The number of aryl methyl sites for hydroxylation is 1. The van der Waals surface area contributed by atoms with Crippen molar-refractivity contribution in [1.82, 2.24) is 0 Å². The molecule has 0 bridgehead atoms. The molecule has 26 heavy (non-hydrogen) atoms. The Labute approximate surface area is 155 Å². The van der Waals surface area contributed by atoms with Crippen molar-refractivity contribution in [2.75, 3.05) is 7.05 Å². The van der Waals surface area contributed by atoms with E-state index in [9.17, 15) is 0 Å². The average Bonchev–Trinajstić information content (AvgIpc) is 2.85. The lowest BCUT2D eigenvalue weighted by Gasteiger charge is -2.15. The number of fused-ring (bicyclic) bond motifs is 2. The lowest BCUT2D eigenvalue weighted by molar-refractivity contribution is -0.667. The molecular weight excluding hydrogens is 316 g/mol. The van der Waals surface area contributed by atoms with E-state index in [0.717, 1.165) is 6.54 Å². The molecule has 0 N–H and O–H groups in total. The molecule has 4 rings (SSSR count). The van der Waals surface area contributed by atoms with Crippen LogP contribution in [0.5, 0.6) is 0 Å². The third kappa shape index (κ3) is 2.57. The first-order valence-corrected chi connectivity index (χ1v) is 9.33. The molecule has 0 saturated heterocycles. The van der Waals surface area contributed by atoms with Gasteiger partial charge in [0.1, 0.15) is 13.6 Å². The summed E-state index contributed by atoms with van der Waals surface area (Å²) >= 11 is 0. The number of rotatable bonds is 3. The largest absolute Gasteiger partial charge is 0.212 e. The predicted molar refractivity (Wildman–Crippen MR) is 109 cm³/mol. The number of benzene rings is 2. The first kappa shape index (κ1) is 16.7. The zero-order chi connectivity index (χ0) is 18.3. The smallest absolute Gasteiger partial charge is 0.198 e.